The number of aromatic hydroxyl groups is 1. The Hall–Kier alpha value is -1.24. The highest BCUT2D eigenvalue weighted by Gasteiger charge is 2.40. The summed E-state index contributed by atoms with van der Waals surface area (Å²) in [6.07, 6.45) is -3.25. The number of benzene rings is 1. The number of phenols is 1. The molecule has 3 nitrogen and oxygen atoms in total. The van der Waals surface area contributed by atoms with Gasteiger partial charge in [-0.05, 0) is 47.0 Å². The molecule has 0 unspecified atom stereocenters. The fourth-order valence-corrected chi connectivity index (χ4v) is 2.00. The normalized spacial score (nSPS) is 15.4. The van der Waals surface area contributed by atoms with E-state index in [1.807, 2.05) is 0 Å². The van der Waals surface area contributed by atoms with Crippen molar-refractivity contribution >= 4 is 21.8 Å². The van der Waals surface area contributed by atoms with Gasteiger partial charge in [-0.1, -0.05) is 0 Å². The number of hydrogen-bond acceptors (Lipinski definition) is 2. The number of halogens is 4. The van der Waals surface area contributed by atoms with Crippen LogP contribution < -0.4 is 0 Å². The second kappa shape index (κ2) is 5.03. The highest BCUT2D eigenvalue weighted by molar-refractivity contribution is 9.10. The monoisotopic (exact) mass is 337 g/mol. The molecule has 0 atom stereocenters. The van der Waals surface area contributed by atoms with Gasteiger partial charge in [0.1, 0.15) is 12.3 Å². The largest absolute Gasteiger partial charge is 0.507 e. The predicted molar refractivity (Wildman–Crippen MR) is 65.9 cm³/mol. The number of nitrogens with zero attached hydrogens (tertiary/aromatic N) is 1. The Morgan fingerprint density at radius 3 is 2.53 bits per heavy atom. The van der Waals surface area contributed by atoms with E-state index < -0.39 is 18.6 Å². The van der Waals surface area contributed by atoms with Crippen molar-refractivity contribution in [3.63, 3.8) is 0 Å². The number of phenolic OH excluding ortho intramolecular Hbond substituents is 1. The molecule has 0 radical (unpaired) electrons. The number of hydrogen-bond donors (Lipinski definition) is 1. The van der Waals surface area contributed by atoms with E-state index in [9.17, 15) is 23.1 Å². The lowest BCUT2D eigenvalue weighted by atomic mass is 10.2. The van der Waals surface area contributed by atoms with Gasteiger partial charge in [-0.25, -0.2) is 0 Å². The van der Waals surface area contributed by atoms with Crippen molar-refractivity contribution < 1.29 is 23.1 Å². The van der Waals surface area contributed by atoms with E-state index in [0.717, 1.165) is 11.0 Å². The zero-order chi connectivity index (χ0) is 14.2. The summed E-state index contributed by atoms with van der Waals surface area (Å²) >= 11 is 3.05. The van der Waals surface area contributed by atoms with Crippen LogP contribution in [-0.4, -0.2) is 34.7 Å². The van der Waals surface area contributed by atoms with Crippen LogP contribution in [0, 0.1) is 0 Å². The number of alkyl halides is 3. The van der Waals surface area contributed by atoms with Crippen LogP contribution in [0.2, 0.25) is 0 Å². The molecule has 1 aliphatic carbocycles. The summed E-state index contributed by atoms with van der Waals surface area (Å²) in [6, 6.07) is 3.64. The molecule has 0 aliphatic heterocycles. The van der Waals surface area contributed by atoms with E-state index in [4.69, 9.17) is 0 Å². The van der Waals surface area contributed by atoms with Gasteiger partial charge in [0.15, 0.2) is 0 Å². The van der Waals surface area contributed by atoms with E-state index in [0.29, 0.717) is 17.3 Å². The Bertz CT molecular complexity index is 500. The van der Waals surface area contributed by atoms with E-state index in [-0.39, 0.29) is 17.4 Å². The summed E-state index contributed by atoms with van der Waals surface area (Å²) in [4.78, 5) is 12.9. The number of rotatable bonds is 3. The standard InChI is InChI=1S/C12H11BrF3NO2/c13-9-4-1-7(5-10(9)18)11(19)17(8-2-3-8)6-12(14,15)16/h1,4-5,8,18H,2-3,6H2. The number of amides is 1. The van der Waals surface area contributed by atoms with Crippen LogP contribution in [0.25, 0.3) is 0 Å². The zero-order valence-electron chi connectivity index (χ0n) is 9.75. The van der Waals surface area contributed by atoms with E-state index in [1.165, 1.54) is 12.1 Å². The molecule has 0 spiro atoms. The van der Waals surface area contributed by atoms with Crippen molar-refractivity contribution in [2.75, 3.05) is 6.54 Å². The number of carbonyl (C=O) groups is 1. The summed E-state index contributed by atoms with van der Waals surface area (Å²) in [7, 11) is 0. The van der Waals surface area contributed by atoms with E-state index >= 15 is 0 Å². The van der Waals surface area contributed by atoms with Crippen molar-refractivity contribution in [2.24, 2.45) is 0 Å². The molecule has 104 valence electrons. The Labute approximate surface area is 116 Å². The maximum absolute atomic E-state index is 12.5. The molecule has 0 saturated heterocycles. The first kappa shape index (κ1) is 14.2. The second-order valence-corrected chi connectivity index (χ2v) is 5.30. The molecular formula is C12H11BrF3NO2. The van der Waals surface area contributed by atoms with Gasteiger partial charge in [-0.3, -0.25) is 4.79 Å². The van der Waals surface area contributed by atoms with Gasteiger partial charge in [0.25, 0.3) is 5.91 Å². The molecule has 2 rings (SSSR count). The molecule has 1 aromatic rings. The van der Waals surface area contributed by atoms with Gasteiger partial charge in [-0.15, -0.1) is 0 Å². The number of carbonyl (C=O) groups excluding carboxylic acids is 1. The van der Waals surface area contributed by atoms with Gasteiger partial charge in [0.05, 0.1) is 4.47 Å². The first-order valence-corrected chi connectivity index (χ1v) is 6.43. The van der Waals surface area contributed by atoms with Gasteiger partial charge in [0, 0.05) is 11.6 Å². The molecule has 0 heterocycles. The average molecular weight is 338 g/mol. The SMILES string of the molecule is O=C(c1ccc(Br)c(O)c1)N(CC(F)(F)F)C1CC1. The van der Waals surface area contributed by atoms with Crippen LogP contribution in [-0.2, 0) is 0 Å². The van der Waals surface area contributed by atoms with Gasteiger partial charge < -0.3 is 10.0 Å². The van der Waals surface area contributed by atoms with Crippen LogP contribution in [0.15, 0.2) is 22.7 Å². The minimum Gasteiger partial charge on any atom is -0.507 e. The molecule has 1 N–H and O–H groups in total. The van der Waals surface area contributed by atoms with Crippen LogP contribution >= 0.6 is 15.9 Å². The molecule has 1 fully saturated rings. The molecule has 0 bridgehead atoms. The van der Waals surface area contributed by atoms with Crippen molar-refractivity contribution in [1.29, 1.82) is 0 Å². The highest BCUT2D eigenvalue weighted by Crippen LogP contribution is 2.32. The Balaban J connectivity index is 2.21. The first-order chi connectivity index (χ1) is 8.78. The smallest absolute Gasteiger partial charge is 0.406 e. The van der Waals surface area contributed by atoms with Crippen molar-refractivity contribution in [3.8, 4) is 5.75 Å². The lowest BCUT2D eigenvalue weighted by Gasteiger charge is -2.23. The van der Waals surface area contributed by atoms with Gasteiger partial charge >= 0.3 is 6.18 Å². The maximum atomic E-state index is 12.5. The zero-order valence-corrected chi connectivity index (χ0v) is 11.3. The third kappa shape index (κ3) is 3.62. The molecule has 1 aromatic carbocycles. The summed E-state index contributed by atoms with van der Waals surface area (Å²) in [5, 5.41) is 9.48. The Kier molecular flexibility index (Phi) is 3.75. The molecule has 19 heavy (non-hydrogen) atoms. The average Bonchev–Trinajstić information content (AvgIpc) is 3.11. The summed E-state index contributed by atoms with van der Waals surface area (Å²) in [5.74, 6) is -0.878. The minimum atomic E-state index is -4.42. The van der Waals surface area contributed by atoms with Crippen molar-refractivity contribution in [1.82, 2.24) is 4.90 Å². The molecule has 1 aliphatic rings. The first-order valence-electron chi connectivity index (χ1n) is 5.64. The third-order valence-corrected chi connectivity index (χ3v) is 3.46. The van der Waals surface area contributed by atoms with Crippen molar-refractivity contribution in [2.45, 2.75) is 25.1 Å². The maximum Gasteiger partial charge on any atom is 0.406 e. The van der Waals surface area contributed by atoms with Crippen molar-refractivity contribution in [3.05, 3.63) is 28.2 Å². The van der Waals surface area contributed by atoms with Crippen LogP contribution in [0.3, 0.4) is 0 Å². The molecule has 1 saturated carbocycles. The minimum absolute atomic E-state index is 0.0526. The van der Waals surface area contributed by atoms with Gasteiger partial charge in [-0.2, -0.15) is 13.2 Å². The molecule has 1 amide bonds. The van der Waals surface area contributed by atoms with E-state index in [2.05, 4.69) is 15.9 Å². The summed E-state index contributed by atoms with van der Waals surface area (Å²) in [5.41, 5.74) is 0.0526. The Morgan fingerprint density at radius 2 is 2.05 bits per heavy atom. The topological polar surface area (TPSA) is 40.5 Å². The third-order valence-electron chi connectivity index (χ3n) is 2.79. The van der Waals surface area contributed by atoms with E-state index in [1.54, 1.807) is 0 Å². The van der Waals surface area contributed by atoms with Crippen LogP contribution in [0.4, 0.5) is 13.2 Å². The predicted octanol–water partition coefficient (Wildman–Crippen LogP) is 3.32. The highest BCUT2D eigenvalue weighted by atomic mass is 79.9. The molecular weight excluding hydrogens is 327 g/mol. The fraction of sp³-hybridized carbons (Fsp3) is 0.417. The molecule has 0 aromatic heterocycles. The van der Waals surface area contributed by atoms with Crippen LogP contribution in [0.5, 0.6) is 5.75 Å². The summed E-state index contributed by atoms with van der Waals surface area (Å²) < 4.78 is 37.8. The van der Waals surface area contributed by atoms with Gasteiger partial charge in [0.2, 0.25) is 0 Å². The molecule has 7 heteroatoms. The van der Waals surface area contributed by atoms with Crippen LogP contribution in [0.1, 0.15) is 23.2 Å². The quantitative estimate of drug-likeness (QED) is 0.919. The summed E-state index contributed by atoms with van der Waals surface area (Å²) in [6.45, 7) is -1.26. The fourth-order valence-electron chi connectivity index (χ4n) is 1.76. The second-order valence-electron chi connectivity index (χ2n) is 4.45. The lowest BCUT2D eigenvalue weighted by Crippen LogP contribution is -2.40. The Morgan fingerprint density at radius 1 is 1.42 bits per heavy atom. The lowest BCUT2D eigenvalue weighted by molar-refractivity contribution is -0.141.